The highest BCUT2D eigenvalue weighted by molar-refractivity contribution is 5.64. The van der Waals surface area contributed by atoms with E-state index in [0.717, 1.165) is 36.2 Å². The monoisotopic (exact) mass is 259 g/mol. The molecule has 1 saturated heterocycles. The molecule has 0 bridgehead atoms. The predicted molar refractivity (Wildman–Crippen MR) is 72.0 cm³/mol. The van der Waals surface area contributed by atoms with Crippen LogP contribution in [0, 0.1) is 11.6 Å². The topological polar surface area (TPSA) is 12.0 Å². The van der Waals surface area contributed by atoms with Crippen LogP contribution in [0.25, 0.3) is 11.1 Å². The summed E-state index contributed by atoms with van der Waals surface area (Å²) in [5.74, 6) is -0.175. The highest BCUT2D eigenvalue weighted by Gasteiger charge is 2.20. The molecule has 1 aliphatic heterocycles. The summed E-state index contributed by atoms with van der Waals surface area (Å²) in [4.78, 5) is 0. The highest BCUT2D eigenvalue weighted by Crippen LogP contribution is 2.29. The SMILES string of the molecule is Fc1ccc(-c2ccc(F)c(C3CCNC3)c2)cc1. The van der Waals surface area contributed by atoms with Crippen LogP contribution in [-0.4, -0.2) is 13.1 Å². The van der Waals surface area contributed by atoms with Crippen molar-refractivity contribution < 1.29 is 8.78 Å². The lowest BCUT2D eigenvalue weighted by Crippen LogP contribution is -2.09. The first kappa shape index (κ1) is 12.3. The van der Waals surface area contributed by atoms with E-state index in [1.165, 1.54) is 18.2 Å². The van der Waals surface area contributed by atoms with E-state index in [9.17, 15) is 8.78 Å². The molecule has 0 amide bonds. The van der Waals surface area contributed by atoms with Crippen LogP contribution in [0.2, 0.25) is 0 Å². The molecule has 98 valence electrons. The summed E-state index contributed by atoms with van der Waals surface area (Å²) < 4.78 is 26.8. The van der Waals surface area contributed by atoms with Gasteiger partial charge in [0.2, 0.25) is 0 Å². The number of benzene rings is 2. The molecule has 0 aromatic heterocycles. The molecule has 1 atom stereocenters. The second kappa shape index (κ2) is 5.10. The average Bonchev–Trinajstić information content (AvgIpc) is 2.94. The van der Waals surface area contributed by atoms with Crippen LogP contribution in [0.4, 0.5) is 8.78 Å². The molecular formula is C16H15F2N. The molecule has 3 rings (SSSR count). The van der Waals surface area contributed by atoms with Crippen molar-refractivity contribution in [3.05, 3.63) is 59.7 Å². The molecule has 1 fully saturated rings. The first-order valence-corrected chi connectivity index (χ1v) is 6.50. The van der Waals surface area contributed by atoms with Gasteiger partial charge in [0.05, 0.1) is 0 Å². The van der Waals surface area contributed by atoms with Crippen molar-refractivity contribution in [1.82, 2.24) is 5.32 Å². The van der Waals surface area contributed by atoms with Crippen LogP contribution >= 0.6 is 0 Å². The molecule has 3 heteroatoms. The van der Waals surface area contributed by atoms with Crippen molar-refractivity contribution in [2.75, 3.05) is 13.1 Å². The first-order chi connectivity index (χ1) is 9.24. The van der Waals surface area contributed by atoms with Crippen molar-refractivity contribution in [3.8, 4) is 11.1 Å². The third-order valence-electron chi connectivity index (χ3n) is 3.67. The van der Waals surface area contributed by atoms with Crippen LogP contribution in [0.3, 0.4) is 0 Å². The normalized spacial score (nSPS) is 18.7. The summed E-state index contributed by atoms with van der Waals surface area (Å²) in [5, 5.41) is 3.25. The molecule has 19 heavy (non-hydrogen) atoms. The predicted octanol–water partition coefficient (Wildman–Crippen LogP) is 3.71. The average molecular weight is 259 g/mol. The Balaban J connectivity index is 1.98. The van der Waals surface area contributed by atoms with Gasteiger partial charge < -0.3 is 5.32 Å². The van der Waals surface area contributed by atoms with E-state index in [2.05, 4.69) is 5.32 Å². The van der Waals surface area contributed by atoms with Gasteiger partial charge in [0, 0.05) is 12.5 Å². The molecule has 0 saturated carbocycles. The molecule has 2 aromatic carbocycles. The summed E-state index contributed by atoms with van der Waals surface area (Å²) in [6.45, 7) is 1.76. The van der Waals surface area contributed by atoms with E-state index >= 15 is 0 Å². The van der Waals surface area contributed by atoms with E-state index in [4.69, 9.17) is 0 Å². The zero-order valence-electron chi connectivity index (χ0n) is 10.5. The van der Waals surface area contributed by atoms with Crippen molar-refractivity contribution in [2.24, 2.45) is 0 Å². The Labute approximate surface area is 111 Å². The lowest BCUT2D eigenvalue weighted by Gasteiger charge is -2.12. The lowest BCUT2D eigenvalue weighted by molar-refractivity contribution is 0.588. The van der Waals surface area contributed by atoms with Crippen LogP contribution in [-0.2, 0) is 0 Å². The molecule has 1 heterocycles. The van der Waals surface area contributed by atoms with E-state index in [-0.39, 0.29) is 17.6 Å². The van der Waals surface area contributed by atoms with Crippen molar-refractivity contribution in [2.45, 2.75) is 12.3 Å². The maximum absolute atomic E-state index is 13.9. The maximum Gasteiger partial charge on any atom is 0.126 e. The third kappa shape index (κ3) is 2.51. The summed E-state index contributed by atoms with van der Waals surface area (Å²) in [7, 11) is 0. The Kier molecular flexibility index (Phi) is 3.30. The highest BCUT2D eigenvalue weighted by atomic mass is 19.1. The van der Waals surface area contributed by atoms with Gasteiger partial charge >= 0.3 is 0 Å². The minimum atomic E-state index is -0.258. The number of halogens is 2. The fourth-order valence-corrected chi connectivity index (χ4v) is 2.60. The zero-order valence-corrected chi connectivity index (χ0v) is 10.5. The van der Waals surface area contributed by atoms with Gasteiger partial charge in [-0.1, -0.05) is 18.2 Å². The Morgan fingerprint density at radius 1 is 0.947 bits per heavy atom. The number of rotatable bonds is 2. The molecule has 1 N–H and O–H groups in total. The largest absolute Gasteiger partial charge is 0.316 e. The molecular weight excluding hydrogens is 244 g/mol. The molecule has 0 aliphatic carbocycles. The maximum atomic E-state index is 13.9. The fourth-order valence-electron chi connectivity index (χ4n) is 2.60. The summed E-state index contributed by atoms with van der Waals surface area (Å²) >= 11 is 0. The number of hydrogen-bond donors (Lipinski definition) is 1. The number of nitrogens with one attached hydrogen (secondary N) is 1. The van der Waals surface area contributed by atoms with Crippen LogP contribution in [0.15, 0.2) is 42.5 Å². The smallest absolute Gasteiger partial charge is 0.126 e. The molecule has 1 unspecified atom stereocenters. The molecule has 1 nitrogen and oxygen atoms in total. The van der Waals surface area contributed by atoms with Crippen LogP contribution in [0.1, 0.15) is 17.9 Å². The van der Waals surface area contributed by atoms with Gasteiger partial charge in [-0.05, 0) is 53.9 Å². The minimum Gasteiger partial charge on any atom is -0.316 e. The van der Waals surface area contributed by atoms with Crippen LogP contribution < -0.4 is 5.32 Å². The summed E-state index contributed by atoms with van der Waals surface area (Å²) in [5.41, 5.74) is 2.60. The Morgan fingerprint density at radius 3 is 2.37 bits per heavy atom. The Morgan fingerprint density at radius 2 is 1.68 bits per heavy atom. The molecule has 0 spiro atoms. The van der Waals surface area contributed by atoms with Gasteiger partial charge in [0.25, 0.3) is 0 Å². The second-order valence-electron chi connectivity index (χ2n) is 4.93. The zero-order chi connectivity index (χ0) is 13.2. The van der Waals surface area contributed by atoms with Crippen molar-refractivity contribution in [3.63, 3.8) is 0 Å². The van der Waals surface area contributed by atoms with Gasteiger partial charge in [-0.3, -0.25) is 0 Å². The number of hydrogen-bond acceptors (Lipinski definition) is 1. The summed E-state index contributed by atoms with van der Waals surface area (Å²) in [6, 6.07) is 11.4. The Hall–Kier alpha value is -1.74. The molecule has 1 aliphatic rings. The van der Waals surface area contributed by atoms with Gasteiger partial charge in [-0.15, -0.1) is 0 Å². The van der Waals surface area contributed by atoms with E-state index < -0.39 is 0 Å². The first-order valence-electron chi connectivity index (χ1n) is 6.50. The van der Waals surface area contributed by atoms with E-state index in [1.807, 2.05) is 6.07 Å². The third-order valence-corrected chi connectivity index (χ3v) is 3.67. The molecule has 0 radical (unpaired) electrons. The van der Waals surface area contributed by atoms with E-state index in [0.29, 0.717) is 0 Å². The van der Waals surface area contributed by atoms with Gasteiger partial charge in [0.1, 0.15) is 11.6 Å². The minimum absolute atomic E-state index is 0.153. The quantitative estimate of drug-likeness (QED) is 0.867. The molecule has 2 aromatic rings. The van der Waals surface area contributed by atoms with Crippen LogP contribution in [0.5, 0.6) is 0 Å². The fraction of sp³-hybridized carbons (Fsp3) is 0.250. The second-order valence-corrected chi connectivity index (χ2v) is 4.93. The Bertz CT molecular complexity index is 572. The van der Waals surface area contributed by atoms with Gasteiger partial charge in [-0.25, -0.2) is 8.78 Å². The lowest BCUT2D eigenvalue weighted by atomic mass is 9.94. The van der Waals surface area contributed by atoms with Gasteiger partial charge in [-0.2, -0.15) is 0 Å². The van der Waals surface area contributed by atoms with Gasteiger partial charge in [0.15, 0.2) is 0 Å². The standard InChI is InChI=1S/C16H15F2N/c17-14-4-1-11(2-5-14)12-3-6-16(18)15(9-12)13-7-8-19-10-13/h1-6,9,13,19H,7-8,10H2. The summed E-state index contributed by atoms with van der Waals surface area (Å²) in [6.07, 6.45) is 0.962. The van der Waals surface area contributed by atoms with E-state index in [1.54, 1.807) is 18.2 Å². The van der Waals surface area contributed by atoms with Crippen molar-refractivity contribution in [1.29, 1.82) is 0 Å². The van der Waals surface area contributed by atoms with Crippen molar-refractivity contribution >= 4 is 0 Å².